The molecule has 0 aliphatic heterocycles. The van der Waals surface area contributed by atoms with Crippen molar-refractivity contribution in [1.82, 2.24) is 4.98 Å². The maximum atomic E-state index is 9.41. The number of nitrogens with one attached hydrogen (secondary N) is 1. The van der Waals surface area contributed by atoms with Crippen molar-refractivity contribution < 1.29 is 5.11 Å². The lowest BCUT2D eigenvalue weighted by Gasteiger charge is -2.25. The van der Waals surface area contributed by atoms with Gasteiger partial charge in [0.2, 0.25) is 0 Å². The zero-order valence-electron chi connectivity index (χ0n) is 9.39. The first-order chi connectivity index (χ1) is 7.75. The van der Waals surface area contributed by atoms with Crippen molar-refractivity contribution in [2.24, 2.45) is 5.92 Å². The summed E-state index contributed by atoms with van der Waals surface area (Å²) in [6, 6.07) is 1.90. The fraction of sp³-hybridized carbons (Fsp3) is 0.583. The molecule has 0 radical (unpaired) electrons. The Labute approximate surface area is 95.9 Å². The summed E-state index contributed by atoms with van der Waals surface area (Å²) in [5.74, 6) is 0.649. The predicted octanol–water partition coefficient (Wildman–Crippen LogP) is 1.63. The van der Waals surface area contributed by atoms with Crippen molar-refractivity contribution in [3.8, 4) is 0 Å². The van der Waals surface area contributed by atoms with Gasteiger partial charge in [-0.05, 0) is 37.7 Å². The second-order valence-electron chi connectivity index (χ2n) is 4.52. The summed E-state index contributed by atoms with van der Waals surface area (Å²) in [5.41, 5.74) is 7.45. The lowest BCUT2D eigenvalue weighted by atomic mass is 9.87. The highest BCUT2D eigenvalue weighted by molar-refractivity contribution is 5.64. The summed E-state index contributed by atoms with van der Waals surface area (Å²) in [4.78, 5) is 3.95. The van der Waals surface area contributed by atoms with Crippen LogP contribution in [0.25, 0.3) is 0 Å². The van der Waals surface area contributed by atoms with Crippen LogP contribution in [-0.2, 0) is 0 Å². The molecule has 0 aromatic carbocycles. The number of hydrogen-bond donors (Lipinski definition) is 3. The molecule has 1 fully saturated rings. The third kappa shape index (κ3) is 2.85. The zero-order chi connectivity index (χ0) is 11.4. The van der Waals surface area contributed by atoms with Gasteiger partial charge in [-0.3, -0.25) is 4.98 Å². The van der Waals surface area contributed by atoms with Crippen LogP contribution in [0, 0.1) is 5.92 Å². The number of nitrogens with two attached hydrogens (primary N) is 1. The number of pyridine rings is 1. The molecule has 1 aliphatic carbocycles. The van der Waals surface area contributed by atoms with Gasteiger partial charge in [0, 0.05) is 12.7 Å². The molecule has 88 valence electrons. The third-order valence-electron chi connectivity index (χ3n) is 3.25. The fourth-order valence-corrected chi connectivity index (χ4v) is 2.17. The zero-order valence-corrected chi connectivity index (χ0v) is 9.39. The highest BCUT2D eigenvalue weighted by Crippen LogP contribution is 2.25. The van der Waals surface area contributed by atoms with Gasteiger partial charge in [0.15, 0.2) is 0 Å². The standard InChI is InChI=1S/C12H19N3O/c13-11-8-14-6-5-12(11)15-7-9-1-3-10(16)4-2-9/h5-6,8-10,16H,1-4,7,13H2,(H,14,15). The van der Waals surface area contributed by atoms with Crippen molar-refractivity contribution in [3.63, 3.8) is 0 Å². The molecule has 4 nitrogen and oxygen atoms in total. The molecule has 1 heterocycles. The van der Waals surface area contributed by atoms with Crippen LogP contribution in [0.2, 0.25) is 0 Å². The van der Waals surface area contributed by atoms with Crippen LogP contribution >= 0.6 is 0 Å². The third-order valence-corrected chi connectivity index (χ3v) is 3.25. The summed E-state index contributed by atoms with van der Waals surface area (Å²) in [5, 5.41) is 12.8. The number of aliphatic hydroxyl groups is 1. The largest absolute Gasteiger partial charge is 0.396 e. The van der Waals surface area contributed by atoms with Gasteiger partial charge in [0.1, 0.15) is 0 Å². The Morgan fingerprint density at radius 3 is 2.81 bits per heavy atom. The van der Waals surface area contributed by atoms with Crippen LogP contribution in [-0.4, -0.2) is 22.7 Å². The van der Waals surface area contributed by atoms with Crippen LogP contribution in [0.1, 0.15) is 25.7 Å². The molecule has 2 rings (SSSR count). The minimum absolute atomic E-state index is 0.0813. The Morgan fingerprint density at radius 1 is 1.38 bits per heavy atom. The van der Waals surface area contributed by atoms with Crippen molar-refractivity contribution in [2.75, 3.05) is 17.6 Å². The molecule has 4 heteroatoms. The number of aliphatic hydroxyl groups excluding tert-OH is 1. The van der Waals surface area contributed by atoms with Crippen LogP contribution in [0.3, 0.4) is 0 Å². The minimum Gasteiger partial charge on any atom is -0.396 e. The lowest BCUT2D eigenvalue weighted by molar-refractivity contribution is 0.111. The van der Waals surface area contributed by atoms with Crippen LogP contribution in [0.5, 0.6) is 0 Å². The Kier molecular flexibility index (Phi) is 3.62. The summed E-state index contributed by atoms with van der Waals surface area (Å²) in [7, 11) is 0. The van der Waals surface area contributed by atoms with Gasteiger partial charge in [0.25, 0.3) is 0 Å². The molecule has 1 aliphatic rings. The van der Waals surface area contributed by atoms with E-state index >= 15 is 0 Å². The van der Waals surface area contributed by atoms with Crippen molar-refractivity contribution in [1.29, 1.82) is 0 Å². The highest BCUT2D eigenvalue weighted by Gasteiger charge is 2.18. The second kappa shape index (κ2) is 5.16. The molecule has 0 atom stereocenters. The number of aromatic nitrogens is 1. The molecule has 0 spiro atoms. The molecule has 0 unspecified atom stereocenters. The van der Waals surface area contributed by atoms with Gasteiger partial charge in [-0.2, -0.15) is 0 Å². The van der Waals surface area contributed by atoms with Gasteiger partial charge in [0.05, 0.1) is 23.7 Å². The topological polar surface area (TPSA) is 71.2 Å². The molecular weight excluding hydrogens is 202 g/mol. The fourth-order valence-electron chi connectivity index (χ4n) is 2.17. The maximum absolute atomic E-state index is 9.41. The monoisotopic (exact) mass is 221 g/mol. The normalized spacial score (nSPS) is 25.3. The average molecular weight is 221 g/mol. The van der Waals surface area contributed by atoms with E-state index in [2.05, 4.69) is 10.3 Å². The van der Waals surface area contributed by atoms with E-state index in [9.17, 15) is 5.11 Å². The quantitative estimate of drug-likeness (QED) is 0.725. The summed E-state index contributed by atoms with van der Waals surface area (Å²) >= 11 is 0. The van der Waals surface area contributed by atoms with Crippen molar-refractivity contribution >= 4 is 11.4 Å². The predicted molar refractivity (Wildman–Crippen MR) is 65.1 cm³/mol. The van der Waals surface area contributed by atoms with E-state index in [0.29, 0.717) is 11.6 Å². The lowest BCUT2D eigenvalue weighted by Crippen LogP contribution is -2.23. The molecular formula is C12H19N3O. The SMILES string of the molecule is Nc1cnccc1NCC1CCC(O)CC1. The van der Waals surface area contributed by atoms with E-state index in [0.717, 1.165) is 37.9 Å². The van der Waals surface area contributed by atoms with E-state index in [1.54, 1.807) is 12.4 Å². The molecule has 0 saturated heterocycles. The Morgan fingerprint density at radius 2 is 2.12 bits per heavy atom. The number of hydrogen-bond acceptors (Lipinski definition) is 4. The van der Waals surface area contributed by atoms with Gasteiger partial charge < -0.3 is 16.2 Å². The van der Waals surface area contributed by atoms with E-state index in [1.807, 2.05) is 6.07 Å². The minimum atomic E-state index is -0.0813. The summed E-state index contributed by atoms with van der Waals surface area (Å²) < 4.78 is 0. The molecule has 16 heavy (non-hydrogen) atoms. The first kappa shape index (κ1) is 11.2. The van der Waals surface area contributed by atoms with E-state index in [1.165, 1.54) is 0 Å². The number of rotatable bonds is 3. The maximum Gasteiger partial charge on any atom is 0.0736 e. The first-order valence-corrected chi connectivity index (χ1v) is 5.87. The average Bonchev–Trinajstić information content (AvgIpc) is 2.30. The Hall–Kier alpha value is -1.29. The smallest absolute Gasteiger partial charge is 0.0736 e. The van der Waals surface area contributed by atoms with Gasteiger partial charge in [-0.15, -0.1) is 0 Å². The molecule has 1 aromatic heterocycles. The molecule has 1 saturated carbocycles. The Balaban J connectivity index is 1.81. The molecule has 0 bridgehead atoms. The molecule has 0 amide bonds. The Bertz CT molecular complexity index is 335. The second-order valence-corrected chi connectivity index (χ2v) is 4.52. The van der Waals surface area contributed by atoms with Crippen molar-refractivity contribution in [3.05, 3.63) is 18.5 Å². The highest BCUT2D eigenvalue weighted by atomic mass is 16.3. The van der Waals surface area contributed by atoms with E-state index in [-0.39, 0.29) is 6.10 Å². The molecule has 4 N–H and O–H groups in total. The van der Waals surface area contributed by atoms with Crippen LogP contribution in [0.15, 0.2) is 18.5 Å². The molecule has 1 aromatic rings. The van der Waals surface area contributed by atoms with Crippen molar-refractivity contribution in [2.45, 2.75) is 31.8 Å². The first-order valence-electron chi connectivity index (χ1n) is 5.87. The van der Waals surface area contributed by atoms with Gasteiger partial charge in [-0.25, -0.2) is 0 Å². The number of anilines is 2. The summed E-state index contributed by atoms with van der Waals surface area (Å²) in [6.07, 6.45) is 7.37. The van der Waals surface area contributed by atoms with E-state index < -0.39 is 0 Å². The van der Waals surface area contributed by atoms with Gasteiger partial charge in [-0.1, -0.05) is 0 Å². The van der Waals surface area contributed by atoms with Crippen LogP contribution in [0.4, 0.5) is 11.4 Å². The summed E-state index contributed by atoms with van der Waals surface area (Å²) in [6.45, 7) is 0.931. The number of nitrogens with zero attached hydrogens (tertiary/aromatic N) is 1. The van der Waals surface area contributed by atoms with Crippen LogP contribution < -0.4 is 11.1 Å². The van der Waals surface area contributed by atoms with E-state index in [4.69, 9.17) is 5.73 Å². The van der Waals surface area contributed by atoms with Gasteiger partial charge >= 0.3 is 0 Å². The number of nitrogen functional groups attached to an aromatic ring is 1.